The molecule has 0 bridgehead atoms. The standard InChI is InChI=1S/C17H14F3NO4S/c1-8-7-12(15(22)24-8)25-16(23)13-9(2)21-14(26-13)10-3-5-11(6-4-10)17(18,19)20/h3-6,8,12H,7H2,1-2H3. The first-order chi connectivity index (χ1) is 12.1. The molecule has 1 saturated heterocycles. The van der Waals surface area contributed by atoms with Crippen LogP contribution in [0.25, 0.3) is 10.6 Å². The number of carbonyl (C=O) groups is 2. The van der Waals surface area contributed by atoms with Crippen molar-refractivity contribution in [3.8, 4) is 10.6 Å². The first-order valence-electron chi connectivity index (χ1n) is 7.71. The number of esters is 2. The Labute approximate surface area is 150 Å². The molecular formula is C17H14F3NO4S. The summed E-state index contributed by atoms with van der Waals surface area (Å²) in [5.74, 6) is -1.29. The predicted octanol–water partition coefficient (Wildman–Crippen LogP) is 4.00. The zero-order chi connectivity index (χ0) is 19.1. The summed E-state index contributed by atoms with van der Waals surface area (Å²) in [6, 6.07) is 4.51. The number of ether oxygens (including phenoxy) is 2. The van der Waals surface area contributed by atoms with Gasteiger partial charge >= 0.3 is 18.1 Å². The number of aromatic nitrogens is 1. The van der Waals surface area contributed by atoms with Crippen molar-refractivity contribution < 1.29 is 32.2 Å². The Balaban J connectivity index is 1.78. The van der Waals surface area contributed by atoms with E-state index in [1.165, 1.54) is 12.1 Å². The zero-order valence-electron chi connectivity index (χ0n) is 13.8. The summed E-state index contributed by atoms with van der Waals surface area (Å²) >= 11 is 1.00. The van der Waals surface area contributed by atoms with Crippen LogP contribution in [-0.4, -0.2) is 29.1 Å². The number of hydrogen-bond acceptors (Lipinski definition) is 6. The summed E-state index contributed by atoms with van der Waals surface area (Å²) in [6.07, 6.45) is -5.40. The molecule has 26 heavy (non-hydrogen) atoms. The van der Waals surface area contributed by atoms with Crippen molar-refractivity contribution in [1.29, 1.82) is 0 Å². The molecule has 2 atom stereocenters. The molecule has 1 aromatic heterocycles. The van der Waals surface area contributed by atoms with Crippen molar-refractivity contribution in [3.05, 3.63) is 40.4 Å². The highest BCUT2D eigenvalue weighted by molar-refractivity contribution is 7.17. The molecule has 9 heteroatoms. The summed E-state index contributed by atoms with van der Waals surface area (Å²) in [5.41, 5.74) is 0.0800. The Morgan fingerprint density at radius 2 is 1.96 bits per heavy atom. The van der Waals surface area contributed by atoms with Crippen LogP contribution in [0.1, 0.15) is 34.3 Å². The van der Waals surface area contributed by atoms with Gasteiger partial charge in [0.15, 0.2) is 0 Å². The molecule has 1 fully saturated rings. The number of rotatable bonds is 3. The molecule has 1 aromatic carbocycles. The second kappa shape index (κ2) is 6.71. The van der Waals surface area contributed by atoms with E-state index in [1.807, 2.05) is 0 Å². The lowest BCUT2D eigenvalue weighted by Gasteiger charge is -2.07. The Kier molecular flexibility index (Phi) is 4.74. The van der Waals surface area contributed by atoms with Crippen LogP contribution in [0.3, 0.4) is 0 Å². The van der Waals surface area contributed by atoms with Gasteiger partial charge in [-0.25, -0.2) is 14.6 Å². The molecular weight excluding hydrogens is 371 g/mol. The third-order valence-corrected chi connectivity index (χ3v) is 5.00. The second-order valence-corrected chi connectivity index (χ2v) is 6.88. The fraction of sp³-hybridized carbons (Fsp3) is 0.353. The summed E-state index contributed by atoms with van der Waals surface area (Å²) in [7, 11) is 0. The summed E-state index contributed by atoms with van der Waals surface area (Å²) in [4.78, 5) is 28.3. The Morgan fingerprint density at radius 3 is 2.50 bits per heavy atom. The lowest BCUT2D eigenvalue weighted by Crippen LogP contribution is -2.22. The van der Waals surface area contributed by atoms with Crippen molar-refractivity contribution in [1.82, 2.24) is 4.98 Å². The van der Waals surface area contributed by atoms with E-state index in [0.29, 0.717) is 16.3 Å². The average Bonchev–Trinajstić information content (AvgIpc) is 3.09. The van der Waals surface area contributed by atoms with Gasteiger partial charge in [0.05, 0.1) is 11.3 Å². The molecule has 0 aliphatic carbocycles. The van der Waals surface area contributed by atoms with Gasteiger partial charge in [0, 0.05) is 12.0 Å². The van der Waals surface area contributed by atoms with Gasteiger partial charge in [0.1, 0.15) is 16.0 Å². The molecule has 1 aliphatic heterocycles. The quantitative estimate of drug-likeness (QED) is 0.748. The van der Waals surface area contributed by atoms with Crippen molar-refractivity contribution in [3.63, 3.8) is 0 Å². The lowest BCUT2D eigenvalue weighted by molar-refractivity contribution is -0.147. The van der Waals surface area contributed by atoms with Gasteiger partial charge in [-0.2, -0.15) is 13.2 Å². The molecule has 2 aromatic rings. The van der Waals surface area contributed by atoms with Gasteiger partial charge in [-0.15, -0.1) is 11.3 Å². The molecule has 2 unspecified atom stereocenters. The second-order valence-electron chi connectivity index (χ2n) is 5.89. The Morgan fingerprint density at radius 1 is 1.31 bits per heavy atom. The van der Waals surface area contributed by atoms with E-state index in [4.69, 9.17) is 9.47 Å². The van der Waals surface area contributed by atoms with Gasteiger partial charge in [-0.05, 0) is 26.0 Å². The van der Waals surface area contributed by atoms with E-state index >= 15 is 0 Å². The topological polar surface area (TPSA) is 65.5 Å². The Hall–Kier alpha value is -2.42. The van der Waals surface area contributed by atoms with Crippen molar-refractivity contribution in [2.45, 2.75) is 38.7 Å². The van der Waals surface area contributed by atoms with Gasteiger partial charge < -0.3 is 9.47 Å². The zero-order valence-corrected chi connectivity index (χ0v) is 14.6. The summed E-state index contributed by atoms with van der Waals surface area (Å²) in [5, 5.41) is 0.394. The smallest absolute Gasteiger partial charge is 0.416 e. The van der Waals surface area contributed by atoms with Gasteiger partial charge in [-0.3, -0.25) is 0 Å². The summed E-state index contributed by atoms with van der Waals surface area (Å²) in [6.45, 7) is 3.29. The number of nitrogens with zero attached hydrogens (tertiary/aromatic N) is 1. The van der Waals surface area contributed by atoms with Crippen molar-refractivity contribution in [2.24, 2.45) is 0 Å². The minimum Gasteiger partial charge on any atom is -0.460 e. The number of aryl methyl sites for hydroxylation is 1. The van der Waals surface area contributed by atoms with Crippen LogP contribution in [0.5, 0.6) is 0 Å². The van der Waals surface area contributed by atoms with Gasteiger partial charge in [-0.1, -0.05) is 12.1 Å². The number of hydrogen-bond donors (Lipinski definition) is 0. The molecule has 5 nitrogen and oxygen atoms in total. The van der Waals surface area contributed by atoms with Crippen LogP contribution in [0.15, 0.2) is 24.3 Å². The molecule has 1 aliphatic rings. The largest absolute Gasteiger partial charge is 0.460 e. The maximum Gasteiger partial charge on any atom is 0.416 e. The SMILES string of the molecule is Cc1nc(-c2ccc(C(F)(F)F)cc2)sc1C(=O)OC1CC(C)OC1=O. The molecule has 3 rings (SSSR count). The van der Waals surface area contributed by atoms with E-state index < -0.39 is 29.8 Å². The fourth-order valence-electron chi connectivity index (χ4n) is 2.51. The number of benzene rings is 1. The Bertz CT molecular complexity index is 845. The molecule has 138 valence electrons. The minimum absolute atomic E-state index is 0.201. The van der Waals surface area contributed by atoms with Crippen LogP contribution in [-0.2, 0) is 20.4 Å². The first kappa shape index (κ1) is 18.4. The molecule has 0 N–H and O–H groups in total. The average molecular weight is 385 g/mol. The van der Waals surface area contributed by atoms with Crippen LogP contribution >= 0.6 is 11.3 Å². The number of cyclic esters (lactones) is 1. The van der Waals surface area contributed by atoms with E-state index in [1.54, 1.807) is 13.8 Å². The third-order valence-electron chi connectivity index (χ3n) is 3.82. The maximum absolute atomic E-state index is 12.6. The van der Waals surface area contributed by atoms with E-state index in [9.17, 15) is 22.8 Å². The highest BCUT2D eigenvalue weighted by Gasteiger charge is 2.36. The maximum atomic E-state index is 12.6. The van der Waals surface area contributed by atoms with Crippen LogP contribution in [0.2, 0.25) is 0 Å². The predicted molar refractivity (Wildman–Crippen MR) is 86.7 cm³/mol. The number of thiazole rings is 1. The highest BCUT2D eigenvalue weighted by atomic mass is 32.1. The molecule has 0 radical (unpaired) electrons. The van der Waals surface area contributed by atoms with Gasteiger partial charge in [0.2, 0.25) is 6.10 Å². The van der Waals surface area contributed by atoms with Crippen LogP contribution in [0.4, 0.5) is 13.2 Å². The van der Waals surface area contributed by atoms with Crippen LogP contribution < -0.4 is 0 Å². The first-order valence-corrected chi connectivity index (χ1v) is 8.53. The molecule has 0 spiro atoms. The van der Waals surface area contributed by atoms with E-state index in [2.05, 4.69) is 4.98 Å². The van der Waals surface area contributed by atoms with E-state index in [0.717, 1.165) is 23.5 Å². The number of alkyl halides is 3. The van der Waals surface area contributed by atoms with Crippen molar-refractivity contribution >= 4 is 23.3 Å². The summed E-state index contributed by atoms with van der Waals surface area (Å²) < 4.78 is 48.0. The van der Waals surface area contributed by atoms with Crippen LogP contribution in [0, 0.1) is 6.92 Å². The van der Waals surface area contributed by atoms with E-state index in [-0.39, 0.29) is 17.4 Å². The normalized spacial score (nSPS) is 20.1. The minimum atomic E-state index is -4.42. The highest BCUT2D eigenvalue weighted by Crippen LogP contribution is 2.33. The lowest BCUT2D eigenvalue weighted by atomic mass is 10.1. The fourth-order valence-corrected chi connectivity index (χ4v) is 3.46. The third kappa shape index (κ3) is 3.72. The molecule has 0 amide bonds. The number of halogens is 3. The van der Waals surface area contributed by atoms with Gasteiger partial charge in [0.25, 0.3) is 0 Å². The van der Waals surface area contributed by atoms with Crippen molar-refractivity contribution in [2.75, 3.05) is 0 Å². The monoisotopic (exact) mass is 385 g/mol. The number of carbonyl (C=O) groups excluding carboxylic acids is 2. The molecule has 0 saturated carbocycles. The molecule has 2 heterocycles.